The Morgan fingerprint density at radius 3 is 2.45 bits per heavy atom. The molecule has 0 heterocycles. The van der Waals surface area contributed by atoms with E-state index in [1.807, 2.05) is 24.3 Å². The largest absolute Gasteiger partial charge is 0.497 e. The van der Waals surface area contributed by atoms with Gasteiger partial charge in [0, 0.05) is 5.69 Å². The average Bonchev–Trinajstić information content (AvgIpc) is 2.55. The molecule has 22 heavy (non-hydrogen) atoms. The van der Waals surface area contributed by atoms with Crippen LogP contribution in [0.4, 0.5) is 5.69 Å². The molecular formula is C18H21NO3. The van der Waals surface area contributed by atoms with E-state index in [2.05, 4.69) is 12.2 Å². The number of carbonyl (C=O) groups is 1. The van der Waals surface area contributed by atoms with Crippen LogP contribution in [0.5, 0.6) is 11.5 Å². The Morgan fingerprint density at radius 1 is 1.14 bits per heavy atom. The van der Waals surface area contributed by atoms with Crippen LogP contribution in [0.2, 0.25) is 0 Å². The minimum atomic E-state index is -0.585. The lowest BCUT2D eigenvalue weighted by molar-refractivity contribution is -0.122. The summed E-state index contributed by atoms with van der Waals surface area (Å²) in [6.07, 6.45) is 0.348. The molecule has 0 bridgehead atoms. The highest BCUT2D eigenvalue weighted by Crippen LogP contribution is 2.19. The van der Waals surface area contributed by atoms with Crippen LogP contribution in [0, 0.1) is 0 Å². The third-order valence-corrected chi connectivity index (χ3v) is 3.34. The molecule has 0 fully saturated rings. The van der Waals surface area contributed by atoms with Gasteiger partial charge < -0.3 is 14.8 Å². The molecule has 2 aromatic rings. The first kappa shape index (κ1) is 15.9. The Kier molecular flexibility index (Phi) is 5.42. The molecular weight excluding hydrogens is 278 g/mol. The van der Waals surface area contributed by atoms with Crippen LogP contribution in [0.1, 0.15) is 19.4 Å². The van der Waals surface area contributed by atoms with E-state index in [0.717, 1.165) is 17.9 Å². The maximum Gasteiger partial charge on any atom is 0.265 e. The summed E-state index contributed by atoms with van der Waals surface area (Å²) in [5, 5.41) is 2.87. The van der Waals surface area contributed by atoms with E-state index in [4.69, 9.17) is 9.47 Å². The Balaban J connectivity index is 1.96. The molecule has 0 radical (unpaired) electrons. The highest BCUT2D eigenvalue weighted by Gasteiger charge is 2.15. The van der Waals surface area contributed by atoms with Crippen LogP contribution < -0.4 is 14.8 Å². The highest BCUT2D eigenvalue weighted by molar-refractivity contribution is 5.94. The number of nitrogens with one attached hydrogen (secondary N) is 1. The van der Waals surface area contributed by atoms with Gasteiger partial charge in [0.25, 0.3) is 5.91 Å². The molecule has 0 aliphatic heterocycles. The fraction of sp³-hybridized carbons (Fsp3) is 0.278. The first-order valence-corrected chi connectivity index (χ1v) is 7.33. The minimum absolute atomic E-state index is 0.177. The van der Waals surface area contributed by atoms with Crippen LogP contribution in [0.15, 0.2) is 48.5 Å². The van der Waals surface area contributed by atoms with E-state index in [1.165, 1.54) is 5.56 Å². The molecule has 0 aliphatic rings. The third-order valence-electron chi connectivity index (χ3n) is 3.34. The molecule has 0 unspecified atom stereocenters. The number of aryl methyl sites for hydroxylation is 1. The van der Waals surface area contributed by atoms with Crippen molar-refractivity contribution in [3.8, 4) is 11.5 Å². The summed E-state index contributed by atoms with van der Waals surface area (Å²) in [4.78, 5) is 12.2. The van der Waals surface area contributed by atoms with Crippen molar-refractivity contribution in [1.82, 2.24) is 0 Å². The van der Waals surface area contributed by atoms with Gasteiger partial charge in [-0.25, -0.2) is 0 Å². The van der Waals surface area contributed by atoms with Crippen molar-refractivity contribution in [3.05, 3.63) is 54.1 Å². The normalized spacial score (nSPS) is 11.6. The maximum absolute atomic E-state index is 12.2. The molecule has 4 nitrogen and oxygen atoms in total. The fourth-order valence-corrected chi connectivity index (χ4v) is 2.02. The van der Waals surface area contributed by atoms with Crippen LogP contribution in [-0.2, 0) is 11.2 Å². The summed E-state index contributed by atoms with van der Waals surface area (Å²) in [6.45, 7) is 3.81. The van der Waals surface area contributed by atoms with Gasteiger partial charge >= 0.3 is 0 Å². The standard InChI is InChI=1S/C18H21NO3/c1-4-14-6-5-7-15(12-14)19-18(20)13(2)22-17-10-8-16(21-3)9-11-17/h5-13H,4H2,1-3H3,(H,19,20)/t13-/m0/s1. The van der Waals surface area contributed by atoms with Gasteiger partial charge in [0.15, 0.2) is 6.10 Å². The van der Waals surface area contributed by atoms with Gasteiger partial charge in [0.1, 0.15) is 11.5 Å². The molecule has 0 aromatic heterocycles. The Bertz CT molecular complexity index is 622. The van der Waals surface area contributed by atoms with Gasteiger partial charge in [0.05, 0.1) is 7.11 Å². The SMILES string of the molecule is CCc1cccc(NC(=O)[C@H](C)Oc2ccc(OC)cc2)c1. The van der Waals surface area contributed by atoms with Gasteiger partial charge in [-0.15, -0.1) is 0 Å². The minimum Gasteiger partial charge on any atom is -0.497 e. The third kappa shape index (κ3) is 4.25. The molecule has 4 heteroatoms. The van der Waals surface area contributed by atoms with Crippen molar-refractivity contribution in [2.24, 2.45) is 0 Å². The maximum atomic E-state index is 12.2. The lowest BCUT2D eigenvalue weighted by Crippen LogP contribution is -2.30. The highest BCUT2D eigenvalue weighted by atomic mass is 16.5. The number of rotatable bonds is 6. The summed E-state index contributed by atoms with van der Waals surface area (Å²) in [5.41, 5.74) is 1.97. The summed E-state index contributed by atoms with van der Waals surface area (Å²) in [6, 6.07) is 15.0. The number of hydrogen-bond donors (Lipinski definition) is 1. The molecule has 0 saturated heterocycles. The van der Waals surface area contributed by atoms with Crippen LogP contribution >= 0.6 is 0 Å². The molecule has 2 aromatic carbocycles. The Morgan fingerprint density at radius 2 is 1.82 bits per heavy atom. The summed E-state index contributed by atoms with van der Waals surface area (Å²) >= 11 is 0. The van der Waals surface area contributed by atoms with E-state index in [1.54, 1.807) is 38.3 Å². The number of benzene rings is 2. The zero-order chi connectivity index (χ0) is 15.9. The number of anilines is 1. The fourth-order valence-electron chi connectivity index (χ4n) is 2.02. The topological polar surface area (TPSA) is 47.6 Å². The number of hydrogen-bond acceptors (Lipinski definition) is 3. The van der Waals surface area contributed by atoms with E-state index in [-0.39, 0.29) is 5.91 Å². The monoisotopic (exact) mass is 299 g/mol. The zero-order valence-corrected chi connectivity index (χ0v) is 13.1. The molecule has 1 N–H and O–H groups in total. The molecule has 0 saturated carbocycles. The van der Waals surface area contributed by atoms with Gasteiger partial charge in [-0.1, -0.05) is 19.1 Å². The summed E-state index contributed by atoms with van der Waals surface area (Å²) in [7, 11) is 1.61. The predicted octanol–water partition coefficient (Wildman–Crippen LogP) is 3.66. The van der Waals surface area contributed by atoms with E-state index < -0.39 is 6.10 Å². The van der Waals surface area contributed by atoms with Gasteiger partial charge in [-0.3, -0.25) is 4.79 Å². The molecule has 116 valence electrons. The van der Waals surface area contributed by atoms with Crippen LogP contribution in [0.3, 0.4) is 0 Å². The predicted molar refractivity (Wildman–Crippen MR) is 87.5 cm³/mol. The van der Waals surface area contributed by atoms with Gasteiger partial charge in [0.2, 0.25) is 0 Å². The number of carbonyl (C=O) groups excluding carboxylic acids is 1. The zero-order valence-electron chi connectivity index (χ0n) is 13.1. The second-order valence-corrected chi connectivity index (χ2v) is 4.98. The smallest absolute Gasteiger partial charge is 0.265 e. The second kappa shape index (κ2) is 7.50. The van der Waals surface area contributed by atoms with E-state index in [0.29, 0.717) is 5.75 Å². The second-order valence-electron chi connectivity index (χ2n) is 4.98. The van der Waals surface area contributed by atoms with Gasteiger partial charge in [-0.2, -0.15) is 0 Å². The van der Waals surface area contributed by atoms with Crippen molar-refractivity contribution < 1.29 is 14.3 Å². The van der Waals surface area contributed by atoms with Crippen molar-refractivity contribution in [3.63, 3.8) is 0 Å². The number of ether oxygens (including phenoxy) is 2. The first-order valence-electron chi connectivity index (χ1n) is 7.33. The summed E-state index contributed by atoms with van der Waals surface area (Å²) in [5.74, 6) is 1.20. The van der Waals surface area contributed by atoms with Crippen molar-refractivity contribution >= 4 is 11.6 Å². The molecule has 1 atom stereocenters. The van der Waals surface area contributed by atoms with E-state index >= 15 is 0 Å². The molecule has 0 spiro atoms. The van der Waals surface area contributed by atoms with Crippen LogP contribution in [0.25, 0.3) is 0 Å². The van der Waals surface area contributed by atoms with Crippen molar-refractivity contribution in [2.45, 2.75) is 26.4 Å². The van der Waals surface area contributed by atoms with Gasteiger partial charge in [-0.05, 0) is 55.3 Å². The molecule has 0 aliphatic carbocycles. The lowest BCUT2D eigenvalue weighted by Gasteiger charge is -2.15. The quantitative estimate of drug-likeness (QED) is 0.885. The van der Waals surface area contributed by atoms with E-state index in [9.17, 15) is 4.79 Å². The van der Waals surface area contributed by atoms with Crippen LogP contribution in [-0.4, -0.2) is 19.1 Å². The number of methoxy groups -OCH3 is 1. The molecule has 2 rings (SSSR count). The number of amides is 1. The lowest BCUT2D eigenvalue weighted by atomic mass is 10.1. The molecule has 1 amide bonds. The summed E-state index contributed by atoms with van der Waals surface area (Å²) < 4.78 is 10.7. The Labute approximate surface area is 131 Å². The Hall–Kier alpha value is -2.49. The van der Waals surface area contributed by atoms with Crippen molar-refractivity contribution in [1.29, 1.82) is 0 Å². The first-order chi connectivity index (χ1) is 10.6. The average molecular weight is 299 g/mol. The van der Waals surface area contributed by atoms with Crippen molar-refractivity contribution in [2.75, 3.05) is 12.4 Å².